The van der Waals surface area contributed by atoms with Gasteiger partial charge in [-0.1, -0.05) is 20.3 Å². The van der Waals surface area contributed by atoms with E-state index >= 15 is 0 Å². The largest absolute Gasteiger partial charge is 0.481 e. The lowest BCUT2D eigenvalue weighted by atomic mass is 9.98. The van der Waals surface area contributed by atoms with Gasteiger partial charge in [-0.05, 0) is 12.3 Å². The normalized spacial score (nSPS) is 15.4. The van der Waals surface area contributed by atoms with E-state index in [2.05, 4.69) is 10.6 Å². The van der Waals surface area contributed by atoms with E-state index in [9.17, 15) is 33.9 Å². The lowest BCUT2D eigenvalue weighted by molar-refractivity contribution is -0.144. The molecule has 0 aliphatic carbocycles. The molecule has 0 aromatic carbocycles. The van der Waals surface area contributed by atoms with Gasteiger partial charge in [0.15, 0.2) is 0 Å². The third kappa shape index (κ3) is 10.2. The summed E-state index contributed by atoms with van der Waals surface area (Å²) in [7, 11) is 0. The Morgan fingerprint density at radius 2 is 1.38 bits per heavy atom. The molecule has 182 valence electrons. The minimum Gasteiger partial charge on any atom is -0.481 e. The number of rotatable bonds is 15. The molecule has 0 saturated carbocycles. The van der Waals surface area contributed by atoms with Crippen LogP contribution in [0.5, 0.6) is 0 Å². The van der Waals surface area contributed by atoms with Gasteiger partial charge in [0.1, 0.15) is 24.2 Å². The minimum absolute atomic E-state index is 0.404. The number of carbonyl (C=O) groups is 6. The molecule has 0 fully saturated rings. The molecule has 0 heterocycles. The van der Waals surface area contributed by atoms with Crippen LogP contribution in [0.15, 0.2) is 0 Å². The maximum absolute atomic E-state index is 12.6. The third-order valence-corrected chi connectivity index (χ3v) is 4.60. The van der Waals surface area contributed by atoms with Crippen molar-refractivity contribution in [2.45, 2.75) is 63.7 Å². The van der Waals surface area contributed by atoms with E-state index in [1.165, 1.54) is 0 Å². The smallest absolute Gasteiger partial charge is 0.326 e. The van der Waals surface area contributed by atoms with Crippen LogP contribution in [-0.4, -0.2) is 86.8 Å². The Hall–Kier alpha value is -3.26. The molecule has 32 heavy (non-hydrogen) atoms. The highest BCUT2D eigenvalue weighted by Gasteiger charge is 2.32. The van der Waals surface area contributed by atoms with Crippen molar-refractivity contribution in [1.29, 1.82) is 0 Å². The average molecular weight is 462 g/mol. The first-order valence-electron chi connectivity index (χ1n) is 9.77. The second kappa shape index (κ2) is 13.9. The maximum Gasteiger partial charge on any atom is 0.326 e. The molecule has 0 aromatic rings. The summed E-state index contributed by atoms with van der Waals surface area (Å²) in [6, 6.07) is -5.96. The number of aliphatic hydroxyl groups is 1. The van der Waals surface area contributed by atoms with Crippen molar-refractivity contribution < 1.29 is 49.2 Å². The summed E-state index contributed by atoms with van der Waals surface area (Å²) in [4.78, 5) is 70.4. The molecule has 0 rings (SSSR count). The van der Waals surface area contributed by atoms with Gasteiger partial charge < -0.3 is 42.1 Å². The van der Waals surface area contributed by atoms with Crippen molar-refractivity contribution in [2.24, 2.45) is 11.7 Å². The number of carboxylic acids is 3. The molecule has 5 unspecified atom stereocenters. The Kier molecular flexibility index (Phi) is 12.5. The van der Waals surface area contributed by atoms with Crippen molar-refractivity contribution in [1.82, 2.24) is 16.0 Å². The molecule has 0 saturated heterocycles. The highest BCUT2D eigenvalue weighted by Crippen LogP contribution is 2.09. The number of hydrogen-bond donors (Lipinski definition) is 8. The number of carbonyl (C=O) groups excluding carboxylic acids is 3. The van der Waals surface area contributed by atoms with Gasteiger partial charge in [0.2, 0.25) is 17.7 Å². The molecule has 5 atom stereocenters. The van der Waals surface area contributed by atoms with E-state index in [1.807, 2.05) is 5.32 Å². The van der Waals surface area contributed by atoms with E-state index in [4.69, 9.17) is 21.1 Å². The number of carboxylic acid groups (broad SMARTS) is 3. The van der Waals surface area contributed by atoms with Crippen LogP contribution in [0.4, 0.5) is 0 Å². The Bertz CT molecular complexity index is 714. The Morgan fingerprint density at radius 3 is 1.81 bits per heavy atom. The van der Waals surface area contributed by atoms with Crippen LogP contribution < -0.4 is 21.7 Å². The highest BCUT2D eigenvalue weighted by atomic mass is 16.4. The molecule has 0 aliphatic rings. The predicted molar refractivity (Wildman–Crippen MR) is 107 cm³/mol. The summed E-state index contributed by atoms with van der Waals surface area (Å²) in [5.74, 6) is -7.72. The quantitative estimate of drug-likeness (QED) is 0.124. The van der Waals surface area contributed by atoms with Gasteiger partial charge in [-0.3, -0.25) is 24.0 Å². The van der Waals surface area contributed by atoms with E-state index < -0.39 is 91.6 Å². The number of aliphatic carboxylic acids is 3. The molecular formula is C18H30N4O10. The first kappa shape index (κ1) is 28.7. The van der Waals surface area contributed by atoms with E-state index in [-0.39, 0.29) is 0 Å². The highest BCUT2D eigenvalue weighted by molar-refractivity contribution is 5.95. The van der Waals surface area contributed by atoms with Gasteiger partial charge in [-0.2, -0.15) is 0 Å². The van der Waals surface area contributed by atoms with Crippen LogP contribution in [0.2, 0.25) is 0 Å². The standard InChI is InChI=1S/C18H30N4O10/c1-3-8(2)14(18(31)32)22-16(29)10(4-5-12(24)25)20-17(30)11(6-13(26)27)21-15(28)9(19)7-23/h8-11,14,23H,3-7,19H2,1-2H3,(H,20,30)(H,21,28)(H,22,29)(H,24,25)(H,26,27)(H,31,32). The van der Waals surface area contributed by atoms with Crippen molar-refractivity contribution in [3.8, 4) is 0 Å². The number of nitrogens with two attached hydrogens (primary N) is 1. The molecule has 0 spiro atoms. The average Bonchev–Trinajstić information content (AvgIpc) is 2.71. The number of nitrogens with one attached hydrogen (secondary N) is 3. The van der Waals surface area contributed by atoms with E-state index in [0.29, 0.717) is 6.42 Å². The SMILES string of the molecule is CCC(C)C(NC(=O)C(CCC(=O)O)NC(=O)C(CC(=O)O)NC(=O)C(N)CO)C(=O)O. The number of amides is 3. The number of hydrogen-bond acceptors (Lipinski definition) is 8. The zero-order valence-electron chi connectivity index (χ0n) is 17.7. The summed E-state index contributed by atoms with van der Waals surface area (Å²) in [5.41, 5.74) is 5.32. The van der Waals surface area contributed by atoms with E-state index in [1.54, 1.807) is 13.8 Å². The van der Waals surface area contributed by atoms with E-state index in [0.717, 1.165) is 0 Å². The lowest BCUT2D eigenvalue weighted by Gasteiger charge is -2.26. The van der Waals surface area contributed by atoms with Gasteiger partial charge in [-0.15, -0.1) is 0 Å². The second-order valence-electron chi connectivity index (χ2n) is 7.15. The Morgan fingerprint density at radius 1 is 0.844 bits per heavy atom. The first-order valence-corrected chi connectivity index (χ1v) is 9.77. The summed E-state index contributed by atoms with van der Waals surface area (Å²) in [6.45, 7) is 2.50. The van der Waals surface area contributed by atoms with Crippen molar-refractivity contribution in [2.75, 3.05) is 6.61 Å². The zero-order valence-corrected chi connectivity index (χ0v) is 17.7. The van der Waals surface area contributed by atoms with Gasteiger partial charge >= 0.3 is 17.9 Å². The van der Waals surface area contributed by atoms with Crippen LogP contribution >= 0.6 is 0 Å². The van der Waals surface area contributed by atoms with Gasteiger partial charge in [0, 0.05) is 6.42 Å². The second-order valence-corrected chi connectivity index (χ2v) is 7.15. The topological polar surface area (TPSA) is 245 Å². The number of aliphatic hydroxyl groups excluding tert-OH is 1. The molecular weight excluding hydrogens is 432 g/mol. The molecule has 0 radical (unpaired) electrons. The fraction of sp³-hybridized carbons (Fsp3) is 0.667. The summed E-state index contributed by atoms with van der Waals surface area (Å²) in [6.07, 6.45) is -1.48. The molecule has 14 heteroatoms. The van der Waals surface area contributed by atoms with Crippen LogP contribution in [0.25, 0.3) is 0 Å². The minimum atomic E-state index is -1.69. The van der Waals surface area contributed by atoms with Crippen molar-refractivity contribution in [3.63, 3.8) is 0 Å². The van der Waals surface area contributed by atoms with Crippen LogP contribution in [0.1, 0.15) is 39.5 Å². The summed E-state index contributed by atoms with van der Waals surface area (Å²) >= 11 is 0. The van der Waals surface area contributed by atoms with Gasteiger partial charge in [0.05, 0.1) is 13.0 Å². The fourth-order valence-corrected chi connectivity index (χ4v) is 2.49. The Balaban J connectivity index is 5.60. The monoisotopic (exact) mass is 462 g/mol. The van der Waals surface area contributed by atoms with Crippen LogP contribution in [0.3, 0.4) is 0 Å². The Labute approximate surface area is 183 Å². The zero-order chi connectivity index (χ0) is 25.0. The lowest BCUT2D eigenvalue weighted by Crippen LogP contribution is -2.58. The summed E-state index contributed by atoms with van der Waals surface area (Å²) in [5, 5.41) is 42.6. The van der Waals surface area contributed by atoms with Crippen LogP contribution in [0, 0.1) is 5.92 Å². The van der Waals surface area contributed by atoms with Gasteiger partial charge in [0.25, 0.3) is 0 Å². The van der Waals surface area contributed by atoms with Crippen molar-refractivity contribution in [3.05, 3.63) is 0 Å². The molecule has 9 N–H and O–H groups in total. The third-order valence-electron chi connectivity index (χ3n) is 4.60. The molecule has 14 nitrogen and oxygen atoms in total. The molecule has 0 aromatic heterocycles. The molecule has 0 aliphatic heterocycles. The fourth-order valence-electron chi connectivity index (χ4n) is 2.49. The van der Waals surface area contributed by atoms with Gasteiger partial charge in [-0.25, -0.2) is 4.79 Å². The molecule has 0 bridgehead atoms. The first-order chi connectivity index (χ1) is 14.8. The van der Waals surface area contributed by atoms with Crippen LogP contribution in [-0.2, 0) is 28.8 Å². The predicted octanol–water partition coefficient (Wildman–Crippen LogP) is -2.77. The van der Waals surface area contributed by atoms with Crippen molar-refractivity contribution >= 4 is 35.6 Å². The summed E-state index contributed by atoms with van der Waals surface area (Å²) < 4.78 is 0. The maximum atomic E-state index is 12.6. The molecule has 3 amide bonds.